The molecule has 1 unspecified atom stereocenters. The summed E-state index contributed by atoms with van der Waals surface area (Å²) in [5.41, 5.74) is 0. The number of rotatable bonds is 17. The van der Waals surface area contributed by atoms with Crippen LogP contribution in [0.5, 0.6) is 0 Å². The fourth-order valence-electron chi connectivity index (χ4n) is 1.61. The van der Waals surface area contributed by atoms with Crippen LogP contribution in [-0.4, -0.2) is 70.9 Å². The lowest BCUT2D eigenvalue weighted by atomic mass is 10.2. The monoisotopic (exact) mass is 322 g/mol. The van der Waals surface area contributed by atoms with Crippen LogP contribution in [-0.2, 0) is 23.7 Å². The van der Waals surface area contributed by atoms with Gasteiger partial charge in [0.2, 0.25) is 0 Å². The molecular formula is C16H34O6. The minimum Gasteiger partial charge on any atom is -0.379 e. The summed E-state index contributed by atoms with van der Waals surface area (Å²) in [4.78, 5) is 0. The largest absolute Gasteiger partial charge is 0.379 e. The highest BCUT2D eigenvalue weighted by Gasteiger charge is 2.17. The molecule has 6 nitrogen and oxygen atoms in total. The van der Waals surface area contributed by atoms with Crippen LogP contribution >= 0.6 is 0 Å². The van der Waals surface area contributed by atoms with Crippen molar-refractivity contribution in [3.8, 4) is 0 Å². The van der Waals surface area contributed by atoms with Gasteiger partial charge in [0.15, 0.2) is 5.79 Å². The first-order valence-electron chi connectivity index (χ1n) is 8.21. The van der Waals surface area contributed by atoms with Crippen LogP contribution in [0, 0.1) is 0 Å². The number of aliphatic hydroxyl groups is 1. The maximum absolute atomic E-state index is 9.60. The van der Waals surface area contributed by atoms with Crippen LogP contribution in [0.15, 0.2) is 0 Å². The van der Waals surface area contributed by atoms with Crippen molar-refractivity contribution in [1.82, 2.24) is 0 Å². The van der Waals surface area contributed by atoms with E-state index >= 15 is 0 Å². The summed E-state index contributed by atoms with van der Waals surface area (Å²) in [5, 5.41) is 9.60. The summed E-state index contributed by atoms with van der Waals surface area (Å²) in [6, 6.07) is 0. The molecule has 0 saturated heterocycles. The summed E-state index contributed by atoms with van der Waals surface area (Å²) in [5.74, 6) is -1.06. The normalized spacial score (nSPS) is 14.2. The Balaban J connectivity index is 3.06. The van der Waals surface area contributed by atoms with Gasteiger partial charge in [-0.3, -0.25) is 0 Å². The lowest BCUT2D eigenvalue weighted by Gasteiger charge is -2.20. The van der Waals surface area contributed by atoms with Gasteiger partial charge in [-0.2, -0.15) is 0 Å². The van der Waals surface area contributed by atoms with Crippen LogP contribution in [0.1, 0.15) is 39.5 Å². The fraction of sp³-hybridized carbons (Fsp3) is 1.00. The van der Waals surface area contributed by atoms with Crippen LogP contribution in [0.25, 0.3) is 0 Å². The minimum atomic E-state index is -1.06. The number of hydrogen-bond donors (Lipinski definition) is 1. The van der Waals surface area contributed by atoms with Crippen molar-refractivity contribution in [1.29, 1.82) is 0 Å². The molecule has 1 atom stereocenters. The van der Waals surface area contributed by atoms with Crippen LogP contribution in [0.4, 0.5) is 0 Å². The highest BCUT2D eigenvalue weighted by atomic mass is 16.6. The van der Waals surface area contributed by atoms with Crippen molar-refractivity contribution in [2.75, 3.05) is 60.0 Å². The summed E-state index contributed by atoms with van der Waals surface area (Å²) in [7, 11) is 1.49. The van der Waals surface area contributed by atoms with Gasteiger partial charge in [0.05, 0.1) is 39.6 Å². The van der Waals surface area contributed by atoms with Gasteiger partial charge in [-0.15, -0.1) is 0 Å². The molecule has 0 rings (SSSR count). The van der Waals surface area contributed by atoms with Crippen molar-refractivity contribution >= 4 is 0 Å². The molecule has 0 aliphatic heterocycles. The third kappa shape index (κ3) is 16.1. The van der Waals surface area contributed by atoms with Gasteiger partial charge in [0.25, 0.3) is 0 Å². The molecule has 0 fully saturated rings. The molecule has 0 radical (unpaired) electrons. The van der Waals surface area contributed by atoms with Gasteiger partial charge in [-0.1, -0.05) is 13.3 Å². The molecule has 0 aliphatic rings. The maximum Gasteiger partial charge on any atom is 0.162 e. The van der Waals surface area contributed by atoms with E-state index in [1.807, 2.05) is 0 Å². The van der Waals surface area contributed by atoms with E-state index in [1.54, 1.807) is 6.92 Å². The quantitative estimate of drug-likeness (QED) is 0.326. The molecule has 0 saturated carbocycles. The summed E-state index contributed by atoms with van der Waals surface area (Å²) < 4.78 is 26.4. The Morgan fingerprint density at radius 3 is 1.55 bits per heavy atom. The number of ether oxygens (including phenoxy) is 5. The van der Waals surface area contributed by atoms with Crippen molar-refractivity contribution < 1.29 is 28.8 Å². The highest BCUT2D eigenvalue weighted by molar-refractivity contribution is 4.58. The Morgan fingerprint density at radius 1 is 0.727 bits per heavy atom. The predicted molar refractivity (Wildman–Crippen MR) is 85.1 cm³/mol. The molecule has 0 amide bonds. The highest BCUT2D eigenvalue weighted by Crippen LogP contribution is 2.11. The maximum atomic E-state index is 9.60. The zero-order valence-corrected chi connectivity index (χ0v) is 14.5. The number of hydrogen-bond acceptors (Lipinski definition) is 6. The van der Waals surface area contributed by atoms with Gasteiger partial charge < -0.3 is 28.8 Å². The Labute approximate surface area is 135 Å². The second kappa shape index (κ2) is 15.6. The van der Waals surface area contributed by atoms with E-state index < -0.39 is 5.79 Å². The van der Waals surface area contributed by atoms with Crippen molar-refractivity contribution in [3.05, 3.63) is 0 Å². The van der Waals surface area contributed by atoms with E-state index in [0.717, 1.165) is 25.9 Å². The number of unbranched alkanes of at least 4 members (excludes halogenated alkanes) is 1. The van der Waals surface area contributed by atoms with Gasteiger partial charge in [-0.05, 0) is 19.8 Å². The standard InChI is InChI=1S/C16H34O6/c1-4-5-8-19-10-12-21-14-15-22-13-11-20-9-6-7-16(2,17)18-3/h17H,4-15H2,1-3H3. The van der Waals surface area contributed by atoms with Crippen LogP contribution < -0.4 is 0 Å². The molecule has 6 heteroatoms. The van der Waals surface area contributed by atoms with Crippen LogP contribution in [0.2, 0.25) is 0 Å². The lowest BCUT2D eigenvalue weighted by Crippen LogP contribution is -2.26. The van der Waals surface area contributed by atoms with Crippen molar-refractivity contribution in [2.45, 2.75) is 45.3 Å². The number of methoxy groups -OCH3 is 1. The zero-order chi connectivity index (χ0) is 16.5. The molecule has 134 valence electrons. The van der Waals surface area contributed by atoms with E-state index in [9.17, 15) is 5.11 Å². The first kappa shape index (κ1) is 21.8. The first-order valence-corrected chi connectivity index (χ1v) is 8.21. The average Bonchev–Trinajstić information content (AvgIpc) is 2.51. The van der Waals surface area contributed by atoms with E-state index in [0.29, 0.717) is 52.7 Å². The molecular weight excluding hydrogens is 288 g/mol. The minimum absolute atomic E-state index is 0.551. The molecule has 0 aliphatic carbocycles. The van der Waals surface area contributed by atoms with Gasteiger partial charge in [0.1, 0.15) is 0 Å². The summed E-state index contributed by atoms with van der Waals surface area (Å²) in [6.07, 6.45) is 3.56. The molecule has 0 heterocycles. The third-order valence-electron chi connectivity index (χ3n) is 3.13. The van der Waals surface area contributed by atoms with Crippen LogP contribution in [0.3, 0.4) is 0 Å². The van der Waals surface area contributed by atoms with E-state index in [-0.39, 0.29) is 0 Å². The molecule has 1 N–H and O–H groups in total. The Kier molecular flexibility index (Phi) is 15.5. The second-order valence-electron chi connectivity index (χ2n) is 5.29. The smallest absolute Gasteiger partial charge is 0.162 e. The van der Waals surface area contributed by atoms with Gasteiger partial charge in [-0.25, -0.2) is 0 Å². The molecule has 22 heavy (non-hydrogen) atoms. The Hall–Kier alpha value is -0.240. The molecule has 0 aromatic heterocycles. The Morgan fingerprint density at radius 2 is 1.14 bits per heavy atom. The third-order valence-corrected chi connectivity index (χ3v) is 3.13. The SMILES string of the molecule is CCCCOCCOCCOCCOCCCC(C)(O)OC. The molecule has 0 aromatic rings. The summed E-state index contributed by atoms with van der Waals surface area (Å²) >= 11 is 0. The fourth-order valence-corrected chi connectivity index (χ4v) is 1.61. The molecule has 0 aromatic carbocycles. The molecule has 0 spiro atoms. The predicted octanol–water partition coefficient (Wildman–Crippen LogP) is 1.99. The topological polar surface area (TPSA) is 66.4 Å². The van der Waals surface area contributed by atoms with E-state index in [2.05, 4.69) is 6.92 Å². The van der Waals surface area contributed by atoms with Crippen molar-refractivity contribution in [2.24, 2.45) is 0 Å². The van der Waals surface area contributed by atoms with Gasteiger partial charge in [0, 0.05) is 26.7 Å². The first-order chi connectivity index (χ1) is 10.6. The zero-order valence-electron chi connectivity index (χ0n) is 14.5. The summed E-state index contributed by atoms with van der Waals surface area (Å²) in [6.45, 7) is 8.70. The average molecular weight is 322 g/mol. The second-order valence-corrected chi connectivity index (χ2v) is 5.29. The Bertz CT molecular complexity index is 223. The van der Waals surface area contributed by atoms with E-state index in [1.165, 1.54) is 7.11 Å². The van der Waals surface area contributed by atoms with Crippen molar-refractivity contribution in [3.63, 3.8) is 0 Å². The van der Waals surface area contributed by atoms with E-state index in [4.69, 9.17) is 23.7 Å². The molecule has 0 bridgehead atoms. The van der Waals surface area contributed by atoms with Gasteiger partial charge >= 0.3 is 0 Å². The lowest BCUT2D eigenvalue weighted by molar-refractivity contribution is -0.177.